The Morgan fingerprint density at radius 3 is 2.62 bits per heavy atom. The quantitative estimate of drug-likeness (QED) is 0.597. The first-order valence-corrected chi connectivity index (χ1v) is 11.0. The molecule has 2 amide bonds. The number of rotatable bonds is 6. The number of amides is 2. The molecule has 2 fully saturated rings. The van der Waals surface area contributed by atoms with Crippen LogP contribution in [-0.2, 0) is 4.79 Å². The van der Waals surface area contributed by atoms with Gasteiger partial charge in [0, 0.05) is 18.4 Å². The largest absolute Gasteiger partial charge is 0.492 e. The second kappa shape index (κ2) is 8.91. The first kappa shape index (κ1) is 19.8. The minimum Gasteiger partial charge on any atom is -0.492 e. The van der Waals surface area contributed by atoms with Crippen molar-refractivity contribution < 1.29 is 14.3 Å². The first-order chi connectivity index (χ1) is 14.1. The molecule has 4 rings (SSSR count). The predicted octanol–water partition coefficient (Wildman–Crippen LogP) is 5.42. The molecular weight excluding hydrogens is 384 g/mol. The molecule has 2 aliphatic rings. The lowest BCUT2D eigenvalue weighted by Gasteiger charge is -2.23. The van der Waals surface area contributed by atoms with Crippen molar-refractivity contribution in [2.45, 2.75) is 45.1 Å². The number of ether oxygens (including phenoxy) is 1. The van der Waals surface area contributed by atoms with Crippen LogP contribution in [0.2, 0.25) is 0 Å². The number of imide groups is 1. The highest BCUT2D eigenvalue weighted by atomic mass is 32.2. The Labute approximate surface area is 175 Å². The monoisotopic (exact) mass is 410 g/mol. The van der Waals surface area contributed by atoms with Crippen LogP contribution in [0.15, 0.2) is 47.6 Å². The number of nitrogens with zero attached hydrogens (tertiary/aromatic N) is 2. The van der Waals surface area contributed by atoms with Crippen molar-refractivity contribution in [3.05, 3.63) is 58.8 Å². The summed E-state index contributed by atoms with van der Waals surface area (Å²) in [5.74, 6) is 0.500. The summed E-state index contributed by atoms with van der Waals surface area (Å²) in [5.41, 5.74) is 2.13. The molecule has 1 saturated carbocycles. The molecule has 152 valence electrons. The van der Waals surface area contributed by atoms with Gasteiger partial charge < -0.3 is 9.30 Å². The number of benzene rings is 1. The van der Waals surface area contributed by atoms with E-state index >= 15 is 0 Å². The smallest absolute Gasteiger partial charge is 0.293 e. The van der Waals surface area contributed by atoms with Crippen molar-refractivity contribution >= 4 is 29.0 Å². The zero-order valence-corrected chi connectivity index (χ0v) is 17.5. The fourth-order valence-electron chi connectivity index (χ4n) is 3.86. The fourth-order valence-corrected chi connectivity index (χ4v) is 4.72. The van der Waals surface area contributed by atoms with E-state index in [-0.39, 0.29) is 24.3 Å². The summed E-state index contributed by atoms with van der Waals surface area (Å²) in [6.45, 7) is 2.55. The molecule has 6 heteroatoms. The SMILES string of the molecule is Cc1ccc(OCCN2C(=O)S/C(=C/c3ccn(C4CCCCC4)c3)C2=O)cc1. The van der Waals surface area contributed by atoms with Crippen molar-refractivity contribution in [1.82, 2.24) is 9.47 Å². The van der Waals surface area contributed by atoms with E-state index in [1.54, 1.807) is 0 Å². The van der Waals surface area contributed by atoms with E-state index < -0.39 is 0 Å². The normalized spacial score (nSPS) is 19.3. The molecule has 2 aromatic rings. The summed E-state index contributed by atoms with van der Waals surface area (Å²) in [6.07, 6.45) is 12.3. The molecule has 29 heavy (non-hydrogen) atoms. The zero-order valence-electron chi connectivity index (χ0n) is 16.7. The molecule has 1 aliphatic heterocycles. The van der Waals surface area contributed by atoms with Gasteiger partial charge in [-0.3, -0.25) is 14.5 Å². The highest BCUT2D eigenvalue weighted by Gasteiger charge is 2.34. The Hall–Kier alpha value is -2.47. The highest BCUT2D eigenvalue weighted by molar-refractivity contribution is 8.18. The number of carbonyl (C=O) groups is 2. The maximum Gasteiger partial charge on any atom is 0.293 e. The van der Waals surface area contributed by atoms with E-state index in [0.717, 1.165) is 28.6 Å². The number of thioether (sulfide) groups is 1. The maximum atomic E-state index is 12.7. The minimum absolute atomic E-state index is 0.236. The van der Waals surface area contributed by atoms with Gasteiger partial charge in [-0.05, 0) is 61.4 Å². The molecule has 0 radical (unpaired) electrons. The molecule has 0 atom stereocenters. The second-order valence-electron chi connectivity index (χ2n) is 7.68. The van der Waals surface area contributed by atoms with Gasteiger partial charge in [-0.1, -0.05) is 37.0 Å². The third kappa shape index (κ3) is 4.75. The van der Waals surface area contributed by atoms with E-state index in [2.05, 4.69) is 17.0 Å². The lowest BCUT2D eigenvalue weighted by atomic mass is 9.95. The molecule has 0 bridgehead atoms. The van der Waals surface area contributed by atoms with E-state index in [1.165, 1.54) is 37.0 Å². The summed E-state index contributed by atoms with van der Waals surface area (Å²) in [5, 5.41) is -0.236. The minimum atomic E-state index is -0.238. The Morgan fingerprint density at radius 1 is 1.10 bits per heavy atom. The van der Waals surface area contributed by atoms with Crippen LogP contribution in [0.25, 0.3) is 6.08 Å². The van der Waals surface area contributed by atoms with Crippen LogP contribution in [0, 0.1) is 6.92 Å². The van der Waals surface area contributed by atoms with Crippen LogP contribution < -0.4 is 4.74 Å². The van der Waals surface area contributed by atoms with Crippen LogP contribution in [-0.4, -0.2) is 33.8 Å². The van der Waals surface area contributed by atoms with Crippen LogP contribution in [0.1, 0.15) is 49.3 Å². The number of carbonyl (C=O) groups excluding carboxylic acids is 2. The molecule has 5 nitrogen and oxygen atoms in total. The van der Waals surface area contributed by atoms with Gasteiger partial charge in [-0.15, -0.1) is 0 Å². The second-order valence-corrected chi connectivity index (χ2v) is 8.67. The Bertz CT molecular complexity index is 910. The lowest BCUT2D eigenvalue weighted by molar-refractivity contribution is -0.123. The van der Waals surface area contributed by atoms with Crippen LogP contribution >= 0.6 is 11.8 Å². The van der Waals surface area contributed by atoms with Crippen molar-refractivity contribution in [3.8, 4) is 5.75 Å². The predicted molar refractivity (Wildman–Crippen MR) is 116 cm³/mol. The zero-order chi connectivity index (χ0) is 20.2. The summed E-state index contributed by atoms with van der Waals surface area (Å²) in [6, 6.07) is 10.3. The molecule has 0 spiro atoms. The highest BCUT2D eigenvalue weighted by Crippen LogP contribution is 2.33. The summed E-state index contributed by atoms with van der Waals surface area (Å²) in [4.78, 5) is 26.7. The van der Waals surface area contributed by atoms with Gasteiger partial charge in [0.05, 0.1) is 11.4 Å². The molecule has 1 aromatic heterocycles. The van der Waals surface area contributed by atoms with E-state index in [0.29, 0.717) is 10.9 Å². The van der Waals surface area contributed by atoms with E-state index in [1.807, 2.05) is 43.3 Å². The van der Waals surface area contributed by atoms with Gasteiger partial charge in [0.1, 0.15) is 12.4 Å². The number of aromatic nitrogens is 1. The van der Waals surface area contributed by atoms with Crippen molar-refractivity contribution in [2.75, 3.05) is 13.2 Å². The summed E-state index contributed by atoms with van der Waals surface area (Å²) >= 11 is 1.00. The topological polar surface area (TPSA) is 51.5 Å². The van der Waals surface area contributed by atoms with Gasteiger partial charge in [0.15, 0.2) is 0 Å². The van der Waals surface area contributed by atoms with E-state index in [9.17, 15) is 9.59 Å². The molecule has 0 unspecified atom stereocenters. The molecular formula is C23H26N2O3S. The van der Waals surface area contributed by atoms with Crippen LogP contribution in [0.4, 0.5) is 4.79 Å². The van der Waals surface area contributed by atoms with Crippen molar-refractivity contribution in [3.63, 3.8) is 0 Å². The molecule has 1 aromatic carbocycles. The Balaban J connectivity index is 1.36. The van der Waals surface area contributed by atoms with Gasteiger partial charge in [0.25, 0.3) is 11.1 Å². The molecule has 0 N–H and O–H groups in total. The standard InChI is InChI=1S/C23H26N2O3S/c1-17-7-9-20(10-8-17)28-14-13-25-22(26)21(29-23(25)27)15-18-11-12-24(16-18)19-5-3-2-4-6-19/h7-12,15-16,19H,2-6,13-14H2,1H3/b21-15+. The molecule has 1 aliphatic carbocycles. The van der Waals surface area contributed by atoms with Crippen molar-refractivity contribution in [2.24, 2.45) is 0 Å². The van der Waals surface area contributed by atoms with Gasteiger partial charge in [-0.2, -0.15) is 0 Å². The lowest BCUT2D eigenvalue weighted by Crippen LogP contribution is -2.32. The van der Waals surface area contributed by atoms with Gasteiger partial charge in [-0.25, -0.2) is 0 Å². The average molecular weight is 411 g/mol. The average Bonchev–Trinajstić information content (AvgIpc) is 3.30. The third-order valence-corrected chi connectivity index (χ3v) is 6.42. The number of hydrogen-bond acceptors (Lipinski definition) is 4. The number of aryl methyl sites for hydroxylation is 1. The number of hydrogen-bond donors (Lipinski definition) is 0. The first-order valence-electron chi connectivity index (χ1n) is 10.2. The molecule has 2 heterocycles. The third-order valence-electron chi connectivity index (χ3n) is 5.51. The van der Waals surface area contributed by atoms with Gasteiger partial charge >= 0.3 is 0 Å². The van der Waals surface area contributed by atoms with Crippen LogP contribution in [0.3, 0.4) is 0 Å². The molecule has 1 saturated heterocycles. The summed E-state index contributed by atoms with van der Waals surface area (Å²) in [7, 11) is 0. The van der Waals surface area contributed by atoms with Crippen LogP contribution in [0.5, 0.6) is 5.75 Å². The van der Waals surface area contributed by atoms with E-state index in [4.69, 9.17) is 4.74 Å². The summed E-state index contributed by atoms with van der Waals surface area (Å²) < 4.78 is 7.92. The maximum absolute atomic E-state index is 12.7. The van der Waals surface area contributed by atoms with Gasteiger partial charge in [0.2, 0.25) is 0 Å². The fraction of sp³-hybridized carbons (Fsp3) is 0.391. The Kier molecular flexibility index (Phi) is 6.09. The Morgan fingerprint density at radius 2 is 1.86 bits per heavy atom. The van der Waals surface area contributed by atoms with Crippen molar-refractivity contribution in [1.29, 1.82) is 0 Å².